The van der Waals surface area contributed by atoms with Crippen LogP contribution in [0.1, 0.15) is 27.6 Å². The molecule has 0 saturated carbocycles. The number of aromatic carboxylic acids is 1. The minimum Gasteiger partial charge on any atom is -0.478 e. The van der Waals surface area contributed by atoms with Gasteiger partial charge < -0.3 is 14.4 Å². The van der Waals surface area contributed by atoms with Crippen LogP contribution in [0.4, 0.5) is 13.2 Å². The summed E-state index contributed by atoms with van der Waals surface area (Å²) in [7, 11) is 1.43. The summed E-state index contributed by atoms with van der Waals surface area (Å²) in [5.74, 6) is -1.18. The molecule has 0 spiro atoms. The predicted molar refractivity (Wildman–Crippen MR) is 74.1 cm³/mol. The summed E-state index contributed by atoms with van der Waals surface area (Å²) in [6.45, 7) is 1.09. The van der Waals surface area contributed by atoms with Crippen LogP contribution in [0.15, 0.2) is 22.7 Å². The molecule has 24 heavy (non-hydrogen) atoms. The molecule has 1 amide bonds. The van der Waals surface area contributed by atoms with Gasteiger partial charge in [0, 0.05) is 13.2 Å². The fraction of sp³-hybridized carbons (Fsp3) is 0.357. The molecular weight excluding hydrogens is 331 g/mol. The molecule has 0 fully saturated rings. The van der Waals surface area contributed by atoms with Gasteiger partial charge in [0.1, 0.15) is 23.6 Å². The Morgan fingerprint density at radius 1 is 1.42 bits per heavy atom. The lowest BCUT2D eigenvalue weighted by atomic mass is 10.2. The highest BCUT2D eigenvalue weighted by Gasteiger charge is 2.33. The molecule has 0 aliphatic rings. The Morgan fingerprint density at radius 2 is 2.08 bits per heavy atom. The van der Waals surface area contributed by atoms with Crippen LogP contribution in [0.2, 0.25) is 0 Å². The van der Waals surface area contributed by atoms with Crippen molar-refractivity contribution < 1.29 is 32.3 Å². The standard InChI is InChI=1S/C14H14F3N3O4/c1-8-10(13(22)23)5-9(24-8)6-19(2)12(21)7-20-4-3-11(18-20)14(15,16)17/h3-5H,6-7H2,1-2H3,(H,22,23). The number of hydrogen-bond acceptors (Lipinski definition) is 4. The summed E-state index contributed by atoms with van der Waals surface area (Å²) >= 11 is 0. The monoisotopic (exact) mass is 345 g/mol. The number of furan rings is 1. The largest absolute Gasteiger partial charge is 0.478 e. The number of carbonyl (C=O) groups is 2. The summed E-state index contributed by atoms with van der Waals surface area (Å²) in [4.78, 5) is 24.2. The molecule has 130 valence electrons. The summed E-state index contributed by atoms with van der Waals surface area (Å²) in [6.07, 6.45) is -3.51. The molecule has 0 saturated heterocycles. The Balaban J connectivity index is 2.01. The van der Waals surface area contributed by atoms with Crippen LogP contribution in [0, 0.1) is 6.92 Å². The van der Waals surface area contributed by atoms with Crippen molar-refractivity contribution in [2.24, 2.45) is 0 Å². The lowest BCUT2D eigenvalue weighted by Crippen LogP contribution is -2.30. The molecule has 0 aliphatic heterocycles. The molecule has 0 aliphatic carbocycles. The molecule has 0 bridgehead atoms. The average molecular weight is 345 g/mol. The van der Waals surface area contributed by atoms with Crippen molar-refractivity contribution in [2.75, 3.05) is 7.05 Å². The van der Waals surface area contributed by atoms with Crippen LogP contribution in [0.25, 0.3) is 0 Å². The molecule has 0 aromatic carbocycles. The van der Waals surface area contributed by atoms with Gasteiger partial charge in [-0.05, 0) is 19.1 Å². The second-order valence-corrected chi connectivity index (χ2v) is 5.13. The highest BCUT2D eigenvalue weighted by molar-refractivity contribution is 5.88. The van der Waals surface area contributed by atoms with Crippen molar-refractivity contribution in [3.63, 3.8) is 0 Å². The molecule has 0 atom stereocenters. The van der Waals surface area contributed by atoms with Gasteiger partial charge >= 0.3 is 12.1 Å². The van der Waals surface area contributed by atoms with Gasteiger partial charge in [-0.2, -0.15) is 18.3 Å². The van der Waals surface area contributed by atoms with Crippen LogP contribution in [0.3, 0.4) is 0 Å². The van der Waals surface area contributed by atoms with Gasteiger partial charge in [-0.1, -0.05) is 0 Å². The highest BCUT2D eigenvalue weighted by Crippen LogP contribution is 2.27. The molecule has 10 heteroatoms. The van der Waals surface area contributed by atoms with Crippen molar-refractivity contribution in [2.45, 2.75) is 26.2 Å². The van der Waals surface area contributed by atoms with Gasteiger partial charge in [-0.3, -0.25) is 9.48 Å². The number of carboxylic acids is 1. The van der Waals surface area contributed by atoms with Gasteiger partial charge in [0.05, 0.1) is 6.54 Å². The number of rotatable bonds is 5. The first-order chi connectivity index (χ1) is 11.1. The number of nitrogens with zero attached hydrogens (tertiary/aromatic N) is 3. The van der Waals surface area contributed by atoms with E-state index in [1.807, 2.05) is 0 Å². The van der Waals surface area contributed by atoms with Gasteiger partial charge in [0.2, 0.25) is 5.91 Å². The maximum absolute atomic E-state index is 12.5. The number of likely N-dealkylation sites (N-methyl/N-ethyl adjacent to an activating group) is 1. The zero-order valence-corrected chi connectivity index (χ0v) is 12.8. The summed E-state index contributed by atoms with van der Waals surface area (Å²) in [6, 6.07) is 2.08. The van der Waals surface area contributed by atoms with E-state index in [2.05, 4.69) is 5.10 Å². The summed E-state index contributed by atoms with van der Waals surface area (Å²) < 4.78 is 43.5. The minimum absolute atomic E-state index is 0.00672. The first kappa shape index (κ1) is 17.6. The summed E-state index contributed by atoms with van der Waals surface area (Å²) in [5, 5.41) is 12.2. The van der Waals surface area contributed by atoms with E-state index in [1.165, 1.54) is 24.9 Å². The Bertz CT molecular complexity index is 764. The lowest BCUT2D eigenvalue weighted by Gasteiger charge is -2.15. The molecular formula is C14H14F3N3O4. The molecule has 2 aromatic heterocycles. The molecule has 7 nitrogen and oxygen atoms in total. The first-order valence-corrected chi connectivity index (χ1v) is 6.75. The fourth-order valence-corrected chi connectivity index (χ4v) is 2.02. The van der Waals surface area contributed by atoms with E-state index in [1.54, 1.807) is 0 Å². The lowest BCUT2D eigenvalue weighted by molar-refractivity contribution is -0.142. The fourth-order valence-electron chi connectivity index (χ4n) is 2.02. The topological polar surface area (TPSA) is 88.6 Å². The smallest absolute Gasteiger partial charge is 0.435 e. The Kier molecular flexibility index (Phi) is 4.67. The second-order valence-electron chi connectivity index (χ2n) is 5.13. The zero-order chi connectivity index (χ0) is 18.1. The molecule has 2 heterocycles. The SMILES string of the molecule is Cc1oc(CN(C)C(=O)Cn2ccc(C(F)(F)F)n2)cc1C(=O)O. The average Bonchev–Trinajstić information content (AvgIpc) is 3.05. The number of amides is 1. The number of alkyl halides is 3. The van der Waals surface area contributed by atoms with Gasteiger partial charge in [0.25, 0.3) is 0 Å². The number of aromatic nitrogens is 2. The van der Waals surface area contributed by atoms with E-state index >= 15 is 0 Å². The van der Waals surface area contributed by atoms with Crippen molar-refractivity contribution in [3.05, 3.63) is 41.1 Å². The normalized spacial score (nSPS) is 11.5. The maximum atomic E-state index is 12.5. The van der Waals surface area contributed by atoms with Crippen molar-refractivity contribution in [3.8, 4) is 0 Å². The maximum Gasteiger partial charge on any atom is 0.435 e. The van der Waals surface area contributed by atoms with Gasteiger partial charge in [0.15, 0.2) is 5.69 Å². The third-order valence-electron chi connectivity index (χ3n) is 3.25. The van der Waals surface area contributed by atoms with E-state index in [0.29, 0.717) is 0 Å². The number of aryl methyl sites for hydroxylation is 1. The predicted octanol–water partition coefficient (Wildman–Crippen LogP) is 2.16. The van der Waals surface area contributed by atoms with Crippen LogP contribution in [-0.4, -0.2) is 38.7 Å². The van der Waals surface area contributed by atoms with Crippen molar-refractivity contribution in [1.29, 1.82) is 0 Å². The Labute approximate surface area is 134 Å². The quantitative estimate of drug-likeness (QED) is 0.897. The van der Waals surface area contributed by atoms with Gasteiger partial charge in [-0.15, -0.1) is 0 Å². The molecule has 2 aromatic rings. The third kappa shape index (κ3) is 3.94. The van der Waals surface area contributed by atoms with E-state index in [-0.39, 0.29) is 30.2 Å². The number of hydrogen-bond donors (Lipinski definition) is 1. The number of halogens is 3. The zero-order valence-electron chi connectivity index (χ0n) is 12.8. The van der Waals surface area contributed by atoms with E-state index < -0.39 is 23.7 Å². The van der Waals surface area contributed by atoms with Crippen LogP contribution in [-0.2, 0) is 24.1 Å². The molecule has 0 unspecified atom stereocenters. The number of carbonyl (C=O) groups excluding carboxylic acids is 1. The highest BCUT2D eigenvalue weighted by atomic mass is 19.4. The molecule has 2 rings (SSSR count). The van der Waals surface area contributed by atoms with Crippen molar-refractivity contribution in [1.82, 2.24) is 14.7 Å². The van der Waals surface area contributed by atoms with Crippen LogP contribution >= 0.6 is 0 Å². The van der Waals surface area contributed by atoms with Crippen LogP contribution < -0.4 is 0 Å². The van der Waals surface area contributed by atoms with Crippen molar-refractivity contribution >= 4 is 11.9 Å². The van der Waals surface area contributed by atoms with Gasteiger partial charge in [-0.25, -0.2) is 4.79 Å². The molecule has 0 radical (unpaired) electrons. The Hall–Kier alpha value is -2.78. The Morgan fingerprint density at radius 3 is 2.58 bits per heavy atom. The van der Waals surface area contributed by atoms with Crippen LogP contribution in [0.5, 0.6) is 0 Å². The number of carboxylic acid groups (broad SMARTS) is 1. The molecule has 1 N–H and O–H groups in total. The van der Waals surface area contributed by atoms with E-state index in [0.717, 1.165) is 16.9 Å². The van der Waals surface area contributed by atoms with E-state index in [9.17, 15) is 22.8 Å². The third-order valence-corrected chi connectivity index (χ3v) is 3.25. The second kappa shape index (κ2) is 6.38. The summed E-state index contributed by atoms with van der Waals surface area (Å²) in [5.41, 5.74) is -1.08. The minimum atomic E-state index is -4.57. The van der Waals surface area contributed by atoms with E-state index in [4.69, 9.17) is 9.52 Å². The first-order valence-electron chi connectivity index (χ1n) is 6.75.